The Hall–Kier alpha value is -5.90. The average molecular weight is 604 g/mol. The third-order valence-electron chi connectivity index (χ3n) is 6.64. The van der Waals surface area contributed by atoms with Crippen molar-refractivity contribution in [1.29, 1.82) is 0 Å². The minimum absolute atomic E-state index is 0.0872. The van der Waals surface area contributed by atoms with E-state index in [-0.39, 0.29) is 24.6 Å². The van der Waals surface area contributed by atoms with Crippen molar-refractivity contribution in [3.05, 3.63) is 101 Å². The first-order valence-electron chi connectivity index (χ1n) is 13.1. The van der Waals surface area contributed by atoms with Crippen molar-refractivity contribution in [3.8, 4) is 16.9 Å². The SMILES string of the molecule is O=C(OC[C@@H]1C=C(c2ccc(-c3ccc(N4C[C@H](Cn5ccnn5)OC4=O)cc3F)cn2)NO1)Oc1ccc([N+](=O)[O-])cc1. The number of halogens is 1. The first kappa shape index (κ1) is 28.2. The van der Waals surface area contributed by atoms with Crippen molar-refractivity contribution >= 4 is 29.3 Å². The summed E-state index contributed by atoms with van der Waals surface area (Å²) in [6, 6.07) is 12.8. The van der Waals surface area contributed by atoms with Gasteiger partial charge in [-0.05, 0) is 42.5 Å². The highest BCUT2D eigenvalue weighted by Crippen LogP contribution is 2.30. The molecule has 4 heterocycles. The number of anilines is 1. The molecule has 0 spiro atoms. The Kier molecular flexibility index (Phi) is 7.79. The van der Waals surface area contributed by atoms with Gasteiger partial charge in [-0.3, -0.25) is 30.3 Å². The standard InChI is InChI=1S/C28H22FN7O8/c29-24-11-19(35-15-22(42-27(35)37)14-34-10-9-31-33-34)4-7-23(24)17-1-8-25(30-13-17)26-12-21(44-32-26)16-41-28(38)43-20-5-2-18(3-6-20)36(39)40/h1-13,21-22,32H,14-16H2/t21-,22-/m0/s1. The van der Waals surface area contributed by atoms with Gasteiger partial charge in [-0.25, -0.2) is 18.7 Å². The van der Waals surface area contributed by atoms with E-state index in [1.165, 1.54) is 47.6 Å². The molecular weight excluding hydrogens is 581 g/mol. The van der Waals surface area contributed by atoms with Crippen LogP contribution in [0.25, 0.3) is 16.8 Å². The molecule has 0 bridgehead atoms. The van der Waals surface area contributed by atoms with Gasteiger partial charge in [0.2, 0.25) is 0 Å². The van der Waals surface area contributed by atoms with E-state index in [1.54, 1.807) is 41.2 Å². The van der Waals surface area contributed by atoms with Crippen LogP contribution in [-0.4, -0.2) is 62.5 Å². The molecule has 0 saturated carbocycles. The molecule has 1 fully saturated rings. The lowest BCUT2D eigenvalue weighted by Gasteiger charge is -2.14. The number of benzene rings is 2. The molecule has 2 aliphatic heterocycles. The summed E-state index contributed by atoms with van der Waals surface area (Å²) in [6.07, 6.45) is 3.67. The smallest absolute Gasteiger partial charge is 0.442 e. The molecule has 1 amide bonds. The zero-order valence-corrected chi connectivity index (χ0v) is 22.6. The summed E-state index contributed by atoms with van der Waals surface area (Å²) >= 11 is 0. The van der Waals surface area contributed by atoms with Crippen LogP contribution in [0.5, 0.6) is 5.75 Å². The zero-order chi connectivity index (χ0) is 30.6. The van der Waals surface area contributed by atoms with E-state index in [1.807, 2.05) is 0 Å². The number of pyridine rings is 1. The van der Waals surface area contributed by atoms with Crippen molar-refractivity contribution in [2.75, 3.05) is 18.1 Å². The largest absolute Gasteiger partial charge is 0.513 e. The summed E-state index contributed by atoms with van der Waals surface area (Å²) in [6.45, 7) is 0.399. The summed E-state index contributed by atoms with van der Waals surface area (Å²) in [4.78, 5) is 45.7. The van der Waals surface area contributed by atoms with E-state index in [9.17, 15) is 19.7 Å². The van der Waals surface area contributed by atoms with Gasteiger partial charge in [-0.15, -0.1) is 5.10 Å². The highest BCUT2D eigenvalue weighted by Gasteiger charge is 2.33. The summed E-state index contributed by atoms with van der Waals surface area (Å²) in [7, 11) is 0. The summed E-state index contributed by atoms with van der Waals surface area (Å²) in [5.41, 5.74) is 4.76. The number of rotatable bonds is 9. The maximum absolute atomic E-state index is 15.2. The number of nitro groups is 1. The van der Waals surface area contributed by atoms with Crippen LogP contribution < -0.4 is 15.1 Å². The van der Waals surface area contributed by atoms with Crippen LogP contribution in [0.15, 0.2) is 79.3 Å². The predicted molar refractivity (Wildman–Crippen MR) is 148 cm³/mol. The van der Waals surface area contributed by atoms with Gasteiger partial charge in [0.25, 0.3) is 5.69 Å². The molecule has 2 aliphatic rings. The van der Waals surface area contributed by atoms with Crippen LogP contribution in [0.2, 0.25) is 0 Å². The molecule has 2 aromatic carbocycles. The Morgan fingerprint density at radius 3 is 2.73 bits per heavy atom. The summed E-state index contributed by atoms with van der Waals surface area (Å²) in [5, 5.41) is 18.3. The molecule has 224 valence electrons. The van der Waals surface area contributed by atoms with Crippen molar-refractivity contribution in [2.45, 2.75) is 18.8 Å². The Bertz CT molecular complexity index is 1720. The lowest BCUT2D eigenvalue weighted by atomic mass is 10.1. The van der Waals surface area contributed by atoms with E-state index >= 15 is 4.39 Å². The molecule has 2 aromatic heterocycles. The van der Waals surface area contributed by atoms with Crippen molar-refractivity contribution in [3.63, 3.8) is 0 Å². The molecular formula is C28H22FN7O8. The van der Waals surface area contributed by atoms with E-state index in [4.69, 9.17) is 19.0 Å². The molecule has 4 aromatic rings. The van der Waals surface area contributed by atoms with Gasteiger partial charge in [0.1, 0.15) is 30.4 Å². The highest BCUT2D eigenvalue weighted by atomic mass is 19.1. The summed E-state index contributed by atoms with van der Waals surface area (Å²) < 4.78 is 32.2. The fourth-order valence-corrected chi connectivity index (χ4v) is 4.51. The molecule has 1 N–H and O–H groups in total. The number of nitrogens with one attached hydrogen (secondary N) is 1. The molecule has 0 unspecified atom stereocenters. The van der Waals surface area contributed by atoms with Gasteiger partial charge in [0.05, 0.1) is 41.3 Å². The van der Waals surface area contributed by atoms with Crippen LogP contribution >= 0.6 is 0 Å². The van der Waals surface area contributed by atoms with Gasteiger partial charge in [-0.1, -0.05) is 11.3 Å². The van der Waals surface area contributed by atoms with E-state index in [2.05, 4.69) is 20.8 Å². The molecule has 16 heteroatoms. The number of carbonyl (C=O) groups is 2. The fraction of sp³-hybridized carbons (Fsp3) is 0.179. The van der Waals surface area contributed by atoms with Crippen LogP contribution in [0.1, 0.15) is 5.69 Å². The number of nitrogens with zero attached hydrogens (tertiary/aromatic N) is 6. The monoisotopic (exact) mass is 603 g/mol. The Morgan fingerprint density at radius 1 is 1.18 bits per heavy atom. The number of non-ortho nitro benzene ring substituents is 1. The van der Waals surface area contributed by atoms with Crippen LogP contribution in [0.3, 0.4) is 0 Å². The summed E-state index contributed by atoms with van der Waals surface area (Å²) in [5.74, 6) is -0.451. The van der Waals surface area contributed by atoms with Gasteiger partial charge >= 0.3 is 12.2 Å². The van der Waals surface area contributed by atoms with Crippen LogP contribution in [0, 0.1) is 15.9 Å². The minimum atomic E-state index is -1.01. The third-order valence-corrected chi connectivity index (χ3v) is 6.64. The number of ether oxygens (including phenoxy) is 3. The number of hydrogen-bond acceptors (Lipinski definition) is 12. The predicted octanol–water partition coefficient (Wildman–Crippen LogP) is 3.87. The first-order chi connectivity index (χ1) is 21.3. The number of hydrogen-bond donors (Lipinski definition) is 1. The van der Waals surface area contributed by atoms with E-state index in [0.717, 1.165) is 0 Å². The van der Waals surface area contributed by atoms with Crippen LogP contribution in [-0.2, 0) is 20.9 Å². The van der Waals surface area contributed by atoms with Crippen molar-refractivity contribution in [2.24, 2.45) is 0 Å². The normalized spacial score (nSPS) is 17.5. The maximum Gasteiger partial charge on any atom is 0.513 e. The first-order valence-corrected chi connectivity index (χ1v) is 13.1. The topological polar surface area (TPSA) is 173 Å². The number of aromatic nitrogens is 4. The van der Waals surface area contributed by atoms with Crippen molar-refractivity contribution < 1.29 is 38.0 Å². The lowest BCUT2D eigenvalue weighted by molar-refractivity contribution is -0.384. The lowest BCUT2D eigenvalue weighted by Crippen LogP contribution is -2.26. The molecule has 2 atom stereocenters. The molecule has 0 aliphatic carbocycles. The Labute approximate surface area is 247 Å². The quantitative estimate of drug-likeness (QED) is 0.127. The highest BCUT2D eigenvalue weighted by molar-refractivity contribution is 5.90. The molecule has 44 heavy (non-hydrogen) atoms. The Balaban J connectivity index is 1.03. The number of nitro benzene ring substituents is 1. The van der Waals surface area contributed by atoms with E-state index < -0.39 is 35.2 Å². The second-order valence-corrected chi connectivity index (χ2v) is 9.59. The average Bonchev–Trinajstić information content (AvgIpc) is 3.79. The van der Waals surface area contributed by atoms with Crippen molar-refractivity contribution in [1.82, 2.24) is 25.5 Å². The number of hydroxylamine groups is 1. The second kappa shape index (κ2) is 12.1. The fourth-order valence-electron chi connectivity index (χ4n) is 4.51. The number of amides is 1. The van der Waals surface area contributed by atoms with E-state index in [0.29, 0.717) is 34.8 Å². The zero-order valence-electron chi connectivity index (χ0n) is 22.6. The Morgan fingerprint density at radius 2 is 2.02 bits per heavy atom. The minimum Gasteiger partial charge on any atom is -0.442 e. The third kappa shape index (κ3) is 6.29. The molecule has 1 saturated heterocycles. The van der Waals surface area contributed by atoms with Gasteiger partial charge in [-0.2, -0.15) is 0 Å². The molecule has 0 radical (unpaired) electrons. The van der Waals surface area contributed by atoms with Crippen LogP contribution in [0.4, 0.5) is 25.4 Å². The number of carbonyl (C=O) groups excluding carboxylic acids is 2. The molecule has 15 nitrogen and oxygen atoms in total. The second-order valence-electron chi connectivity index (χ2n) is 9.59. The maximum atomic E-state index is 15.2. The van der Waals surface area contributed by atoms with Gasteiger partial charge in [0, 0.05) is 35.7 Å². The van der Waals surface area contributed by atoms with Gasteiger partial charge in [0.15, 0.2) is 0 Å². The van der Waals surface area contributed by atoms with Gasteiger partial charge < -0.3 is 14.2 Å². The number of cyclic esters (lactones) is 1. The molecule has 6 rings (SSSR count).